The molecule has 1 N–H and O–H groups in total. The quantitative estimate of drug-likeness (QED) is 0.750. The van der Waals surface area contributed by atoms with Gasteiger partial charge in [-0.15, -0.1) is 0 Å². The number of hydrogen-bond donors (Lipinski definition) is 1. The van der Waals surface area contributed by atoms with Gasteiger partial charge < -0.3 is 5.32 Å². The Morgan fingerprint density at radius 3 is 2.46 bits per heavy atom. The van der Waals surface area contributed by atoms with Crippen molar-refractivity contribution in [3.05, 3.63) is 35.4 Å². The lowest BCUT2D eigenvalue weighted by molar-refractivity contribution is 0.815. The summed E-state index contributed by atoms with van der Waals surface area (Å²) >= 11 is 0. The van der Waals surface area contributed by atoms with Crippen LogP contribution < -0.4 is 5.32 Å². The van der Waals surface area contributed by atoms with E-state index in [9.17, 15) is 0 Å². The zero-order valence-electron chi connectivity index (χ0n) is 8.46. The van der Waals surface area contributed by atoms with Gasteiger partial charge in [-0.3, -0.25) is 0 Å². The van der Waals surface area contributed by atoms with Crippen LogP contribution in [0, 0.1) is 11.3 Å². The molecule has 1 aromatic rings. The highest BCUT2D eigenvalue weighted by Gasteiger charge is 1.96. The van der Waals surface area contributed by atoms with Crippen molar-refractivity contribution in [2.45, 2.75) is 20.4 Å². The van der Waals surface area contributed by atoms with Gasteiger partial charge in [0.05, 0.1) is 11.6 Å². The predicted octanol–water partition coefficient (Wildman–Crippen LogP) is 2.30. The lowest BCUT2D eigenvalue weighted by atomic mass is 10.1. The standard InChI is InChI=1S/C9H10N2.C2H6/c1-11-7-9-5-3-2-4-8(9)6-10;1-2/h2-5,11H,7H2,1H3;1-2H3. The summed E-state index contributed by atoms with van der Waals surface area (Å²) in [5.41, 5.74) is 1.80. The van der Waals surface area contributed by atoms with Gasteiger partial charge in [0, 0.05) is 6.54 Å². The van der Waals surface area contributed by atoms with Gasteiger partial charge in [-0.25, -0.2) is 0 Å². The molecule has 0 heterocycles. The summed E-state index contributed by atoms with van der Waals surface area (Å²) in [6, 6.07) is 9.73. The number of nitriles is 1. The highest BCUT2D eigenvalue weighted by Crippen LogP contribution is 2.05. The second-order valence-electron chi connectivity index (χ2n) is 2.30. The van der Waals surface area contributed by atoms with Crippen LogP contribution in [0.1, 0.15) is 25.0 Å². The minimum absolute atomic E-state index is 0.752. The normalized spacial score (nSPS) is 8.15. The highest BCUT2D eigenvalue weighted by molar-refractivity contribution is 5.37. The summed E-state index contributed by atoms with van der Waals surface area (Å²) in [6.45, 7) is 4.75. The van der Waals surface area contributed by atoms with Crippen LogP contribution in [-0.2, 0) is 6.54 Å². The first kappa shape index (κ1) is 11.7. The zero-order valence-corrected chi connectivity index (χ0v) is 8.46. The van der Waals surface area contributed by atoms with Crippen molar-refractivity contribution in [1.82, 2.24) is 5.32 Å². The Kier molecular flexibility index (Phi) is 6.58. The van der Waals surface area contributed by atoms with Crippen molar-refractivity contribution in [3.8, 4) is 6.07 Å². The van der Waals surface area contributed by atoms with Crippen LogP contribution in [0.2, 0.25) is 0 Å². The van der Waals surface area contributed by atoms with Crippen molar-refractivity contribution < 1.29 is 0 Å². The van der Waals surface area contributed by atoms with Crippen molar-refractivity contribution in [3.63, 3.8) is 0 Å². The molecule has 0 aliphatic carbocycles. The topological polar surface area (TPSA) is 35.8 Å². The van der Waals surface area contributed by atoms with E-state index in [-0.39, 0.29) is 0 Å². The number of nitrogens with zero attached hydrogens (tertiary/aromatic N) is 1. The van der Waals surface area contributed by atoms with Crippen LogP contribution in [0.3, 0.4) is 0 Å². The Hall–Kier alpha value is -1.33. The third-order valence-electron chi connectivity index (χ3n) is 1.51. The summed E-state index contributed by atoms with van der Waals surface area (Å²) in [7, 11) is 1.87. The lowest BCUT2D eigenvalue weighted by Gasteiger charge is -2.00. The van der Waals surface area contributed by atoms with E-state index < -0.39 is 0 Å². The maximum atomic E-state index is 8.67. The molecule has 1 rings (SSSR count). The molecule has 70 valence electrons. The summed E-state index contributed by atoms with van der Waals surface area (Å²) in [4.78, 5) is 0. The van der Waals surface area contributed by atoms with Gasteiger partial charge in [0.1, 0.15) is 0 Å². The molecule has 0 atom stereocenters. The van der Waals surface area contributed by atoms with Crippen molar-refractivity contribution >= 4 is 0 Å². The van der Waals surface area contributed by atoms with Crippen LogP contribution in [0.25, 0.3) is 0 Å². The van der Waals surface area contributed by atoms with Crippen molar-refractivity contribution in [2.24, 2.45) is 0 Å². The lowest BCUT2D eigenvalue weighted by Crippen LogP contribution is -2.06. The second-order valence-corrected chi connectivity index (χ2v) is 2.30. The molecule has 2 nitrogen and oxygen atoms in total. The van der Waals surface area contributed by atoms with Gasteiger partial charge in [-0.05, 0) is 18.7 Å². The van der Waals surface area contributed by atoms with Gasteiger partial charge in [0.25, 0.3) is 0 Å². The number of hydrogen-bond acceptors (Lipinski definition) is 2. The molecule has 0 saturated carbocycles. The Bertz CT molecular complexity index is 274. The highest BCUT2D eigenvalue weighted by atomic mass is 14.8. The third kappa shape index (κ3) is 3.73. The molecular weight excluding hydrogens is 160 g/mol. The van der Waals surface area contributed by atoms with E-state index in [1.807, 2.05) is 45.2 Å². The number of nitrogens with one attached hydrogen (secondary N) is 1. The molecule has 0 aliphatic heterocycles. The molecule has 0 saturated heterocycles. The number of benzene rings is 1. The maximum Gasteiger partial charge on any atom is 0.0995 e. The average molecular weight is 176 g/mol. The summed E-state index contributed by atoms with van der Waals surface area (Å²) in [6.07, 6.45) is 0. The van der Waals surface area contributed by atoms with E-state index in [0.29, 0.717) is 0 Å². The Morgan fingerprint density at radius 2 is 1.92 bits per heavy atom. The van der Waals surface area contributed by atoms with Gasteiger partial charge in [-0.1, -0.05) is 32.0 Å². The summed E-state index contributed by atoms with van der Waals surface area (Å²) in [5.74, 6) is 0. The smallest absolute Gasteiger partial charge is 0.0995 e. The Balaban J connectivity index is 0.000000671. The molecule has 0 radical (unpaired) electrons. The van der Waals surface area contributed by atoms with Gasteiger partial charge in [0.15, 0.2) is 0 Å². The fraction of sp³-hybridized carbons (Fsp3) is 0.364. The van der Waals surface area contributed by atoms with E-state index in [0.717, 1.165) is 17.7 Å². The van der Waals surface area contributed by atoms with E-state index in [1.54, 1.807) is 0 Å². The molecular formula is C11H16N2. The van der Waals surface area contributed by atoms with E-state index >= 15 is 0 Å². The van der Waals surface area contributed by atoms with Gasteiger partial charge in [0.2, 0.25) is 0 Å². The first-order chi connectivity index (χ1) is 6.38. The molecule has 0 aromatic heterocycles. The minimum Gasteiger partial charge on any atom is -0.316 e. The first-order valence-electron chi connectivity index (χ1n) is 4.51. The van der Waals surface area contributed by atoms with Gasteiger partial charge in [-0.2, -0.15) is 5.26 Å². The van der Waals surface area contributed by atoms with E-state index in [4.69, 9.17) is 5.26 Å². The van der Waals surface area contributed by atoms with Crippen LogP contribution in [0.4, 0.5) is 0 Å². The van der Waals surface area contributed by atoms with E-state index in [2.05, 4.69) is 11.4 Å². The molecule has 0 fully saturated rings. The minimum atomic E-state index is 0.752. The number of rotatable bonds is 2. The molecule has 0 bridgehead atoms. The SMILES string of the molecule is CC.CNCc1ccccc1C#N. The molecule has 0 amide bonds. The molecule has 2 heteroatoms. The van der Waals surface area contributed by atoms with E-state index in [1.165, 1.54) is 0 Å². The van der Waals surface area contributed by atoms with Crippen LogP contribution in [0.15, 0.2) is 24.3 Å². The average Bonchev–Trinajstić information content (AvgIpc) is 2.22. The third-order valence-corrected chi connectivity index (χ3v) is 1.51. The summed E-state index contributed by atoms with van der Waals surface area (Å²) in [5, 5.41) is 11.7. The molecule has 1 aromatic carbocycles. The zero-order chi connectivity index (χ0) is 10.1. The molecule has 0 aliphatic rings. The molecule has 13 heavy (non-hydrogen) atoms. The fourth-order valence-corrected chi connectivity index (χ4v) is 0.974. The molecule has 0 spiro atoms. The predicted molar refractivity (Wildman–Crippen MR) is 55.3 cm³/mol. The second kappa shape index (κ2) is 7.33. The van der Waals surface area contributed by atoms with Crippen molar-refractivity contribution in [1.29, 1.82) is 5.26 Å². The first-order valence-corrected chi connectivity index (χ1v) is 4.51. The Labute approximate surface area is 80.2 Å². The van der Waals surface area contributed by atoms with Crippen LogP contribution >= 0.6 is 0 Å². The van der Waals surface area contributed by atoms with Gasteiger partial charge >= 0.3 is 0 Å². The molecule has 0 unspecified atom stereocenters. The largest absolute Gasteiger partial charge is 0.316 e. The fourth-order valence-electron chi connectivity index (χ4n) is 0.974. The maximum absolute atomic E-state index is 8.67. The monoisotopic (exact) mass is 176 g/mol. The summed E-state index contributed by atoms with van der Waals surface area (Å²) < 4.78 is 0. The van der Waals surface area contributed by atoms with Crippen LogP contribution in [-0.4, -0.2) is 7.05 Å². The van der Waals surface area contributed by atoms with Crippen molar-refractivity contribution in [2.75, 3.05) is 7.05 Å². The van der Waals surface area contributed by atoms with Crippen LogP contribution in [0.5, 0.6) is 0 Å². The Morgan fingerprint density at radius 1 is 1.31 bits per heavy atom.